The fourth-order valence-corrected chi connectivity index (χ4v) is 4.81. The number of thiazole rings is 1. The molecule has 1 atom stereocenters. The van der Waals surface area contributed by atoms with E-state index in [1.54, 1.807) is 43.7 Å². The number of nitrogens with zero attached hydrogens (tertiary/aromatic N) is 2. The average Bonchev–Trinajstić information content (AvgIpc) is 3.08. The predicted molar refractivity (Wildman–Crippen MR) is 125 cm³/mol. The van der Waals surface area contributed by atoms with Crippen molar-refractivity contribution < 1.29 is 14.3 Å². The number of methoxy groups -OCH3 is 1. The molecule has 0 radical (unpaired) electrons. The van der Waals surface area contributed by atoms with Crippen molar-refractivity contribution in [1.82, 2.24) is 4.57 Å². The summed E-state index contributed by atoms with van der Waals surface area (Å²) in [6, 6.07) is 13.9. The van der Waals surface area contributed by atoms with Gasteiger partial charge in [0, 0.05) is 5.02 Å². The normalized spacial score (nSPS) is 15.9. The van der Waals surface area contributed by atoms with Crippen molar-refractivity contribution in [2.75, 3.05) is 13.7 Å². The van der Waals surface area contributed by atoms with Crippen molar-refractivity contribution in [3.63, 3.8) is 0 Å². The number of ether oxygens (including phenoxy) is 2. The second-order valence-electron chi connectivity index (χ2n) is 7.13. The molecule has 32 heavy (non-hydrogen) atoms. The molecule has 2 heterocycles. The standard InChI is InChI=1S/C24H21ClN2O4S/c1-4-31-23(29)20-14(2)26-24-27(21(20)16-8-10-17(25)11-9-16)22(28)19(32-24)13-15-6-5-7-18(12-15)30-3/h5-13,21H,4H2,1-3H3/b19-13-/t21-/m1/s1. The van der Waals surface area contributed by atoms with Crippen LogP contribution in [0.5, 0.6) is 5.75 Å². The highest BCUT2D eigenvalue weighted by atomic mass is 35.5. The van der Waals surface area contributed by atoms with Gasteiger partial charge in [0.05, 0.1) is 35.6 Å². The van der Waals surface area contributed by atoms with E-state index >= 15 is 0 Å². The highest BCUT2D eigenvalue weighted by Gasteiger charge is 2.33. The maximum atomic E-state index is 13.5. The summed E-state index contributed by atoms with van der Waals surface area (Å²) in [6.07, 6.45) is 1.80. The molecule has 164 valence electrons. The van der Waals surface area contributed by atoms with E-state index in [-0.39, 0.29) is 12.2 Å². The van der Waals surface area contributed by atoms with Crippen molar-refractivity contribution in [3.8, 4) is 5.75 Å². The van der Waals surface area contributed by atoms with Crippen molar-refractivity contribution in [2.45, 2.75) is 19.9 Å². The van der Waals surface area contributed by atoms with Crippen molar-refractivity contribution in [3.05, 3.63) is 95.6 Å². The highest BCUT2D eigenvalue weighted by molar-refractivity contribution is 7.07. The van der Waals surface area contributed by atoms with Crippen LogP contribution in [0.2, 0.25) is 5.02 Å². The molecule has 2 aromatic carbocycles. The molecular formula is C24H21ClN2O4S. The summed E-state index contributed by atoms with van der Waals surface area (Å²) in [5.41, 5.74) is 2.22. The van der Waals surface area contributed by atoms with Crippen molar-refractivity contribution in [2.24, 2.45) is 4.99 Å². The summed E-state index contributed by atoms with van der Waals surface area (Å²) in [7, 11) is 1.60. The van der Waals surface area contributed by atoms with E-state index in [0.717, 1.165) is 11.1 Å². The molecule has 0 amide bonds. The van der Waals surface area contributed by atoms with Gasteiger partial charge in [0.1, 0.15) is 5.75 Å². The zero-order valence-electron chi connectivity index (χ0n) is 17.8. The molecule has 1 aromatic heterocycles. The molecule has 0 saturated carbocycles. The van der Waals surface area contributed by atoms with Crippen LogP contribution in [0, 0.1) is 0 Å². The Kier molecular flexibility index (Phi) is 6.30. The molecule has 1 aliphatic heterocycles. The highest BCUT2D eigenvalue weighted by Crippen LogP contribution is 2.31. The first-order chi connectivity index (χ1) is 15.4. The summed E-state index contributed by atoms with van der Waals surface area (Å²) in [6.45, 7) is 3.73. The Morgan fingerprint density at radius 3 is 2.69 bits per heavy atom. The van der Waals surface area contributed by atoms with E-state index in [2.05, 4.69) is 4.99 Å². The number of fused-ring (bicyclic) bond motifs is 1. The largest absolute Gasteiger partial charge is 0.497 e. The Hall–Kier alpha value is -3.16. The van der Waals surface area contributed by atoms with Crippen LogP contribution >= 0.6 is 22.9 Å². The average molecular weight is 469 g/mol. The molecule has 0 saturated heterocycles. The Balaban J connectivity index is 1.94. The van der Waals surface area contributed by atoms with Crippen LogP contribution in [0.25, 0.3) is 6.08 Å². The summed E-state index contributed by atoms with van der Waals surface area (Å²) >= 11 is 7.35. The quantitative estimate of drug-likeness (QED) is 0.538. The topological polar surface area (TPSA) is 69.9 Å². The molecule has 0 aliphatic carbocycles. The van der Waals surface area contributed by atoms with Gasteiger partial charge in [-0.2, -0.15) is 0 Å². The number of halogens is 1. The third-order valence-electron chi connectivity index (χ3n) is 5.09. The van der Waals surface area contributed by atoms with Crippen molar-refractivity contribution in [1.29, 1.82) is 0 Å². The Morgan fingerprint density at radius 2 is 2.00 bits per heavy atom. The SMILES string of the molecule is CCOC(=O)C1=C(C)N=c2s/c(=C\c3cccc(OC)c3)c(=O)n2[C@@H]1c1ccc(Cl)cc1. The van der Waals surface area contributed by atoms with Crippen LogP contribution in [0.3, 0.4) is 0 Å². The molecular weight excluding hydrogens is 448 g/mol. The minimum Gasteiger partial charge on any atom is -0.497 e. The molecule has 0 spiro atoms. The number of aromatic nitrogens is 1. The number of hydrogen-bond acceptors (Lipinski definition) is 6. The van der Waals surface area contributed by atoms with Gasteiger partial charge in [0.15, 0.2) is 4.80 Å². The van der Waals surface area contributed by atoms with E-state index in [0.29, 0.717) is 31.4 Å². The Morgan fingerprint density at radius 1 is 1.25 bits per heavy atom. The monoisotopic (exact) mass is 468 g/mol. The van der Waals surface area contributed by atoms with Crippen LogP contribution in [0.15, 0.2) is 69.6 Å². The second-order valence-corrected chi connectivity index (χ2v) is 8.58. The molecule has 0 unspecified atom stereocenters. The van der Waals surface area contributed by atoms with E-state index < -0.39 is 12.0 Å². The van der Waals surface area contributed by atoms with Gasteiger partial charge in [-0.05, 0) is 55.3 Å². The number of carbonyl (C=O) groups excluding carboxylic acids is 1. The van der Waals surface area contributed by atoms with Gasteiger partial charge in [-0.25, -0.2) is 9.79 Å². The van der Waals surface area contributed by atoms with Crippen molar-refractivity contribution >= 4 is 35.0 Å². The smallest absolute Gasteiger partial charge is 0.338 e. The lowest BCUT2D eigenvalue weighted by molar-refractivity contribution is -0.139. The lowest BCUT2D eigenvalue weighted by Crippen LogP contribution is -2.39. The predicted octanol–water partition coefficient (Wildman–Crippen LogP) is 3.46. The minimum atomic E-state index is -0.657. The third kappa shape index (κ3) is 4.13. The molecule has 0 N–H and O–H groups in total. The number of benzene rings is 2. The van der Waals surface area contributed by atoms with E-state index in [1.165, 1.54) is 11.3 Å². The maximum Gasteiger partial charge on any atom is 0.338 e. The summed E-state index contributed by atoms with van der Waals surface area (Å²) in [5.74, 6) is 0.210. The molecule has 1 aliphatic rings. The Bertz CT molecular complexity index is 1390. The number of hydrogen-bond donors (Lipinski definition) is 0. The molecule has 6 nitrogen and oxygen atoms in total. The number of esters is 1. The number of carbonyl (C=O) groups is 1. The first-order valence-corrected chi connectivity index (χ1v) is 11.2. The van der Waals surface area contributed by atoms with Crippen LogP contribution in [0.1, 0.15) is 31.0 Å². The van der Waals surface area contributed by atoms with Crippen LogP contribution in [-0.4, -0.2) is 24.3 Å². The van der Waals surface area contributed by atoms with E-state index in [4.69, 9.17) is 21.1 Å². The fraction of sp³-hybridized carbons (Fsp3) is 0.208. The first-order valence-electron chi connectivity index (χ1n) is 10.0. The fourth-order valence-electron chi connectivity index (χ4n) is 3.63. The summed E-state index contributed by atoms with van der Waals surface area (Å²) in [4.78, 5) is 31.4. The van der Waals surface area contributed by atoms with E-state index in [9.17, 15) is 9.59 Å². The maximum absolute atomic E-state index is 13.5. The van der Waals surface area contributed by atoms with Gasteiger partial charge in [-0.3, -0.25) is 9.36 Å². The van der Waals surface area contributed by atoms with Gasteiger partial charge >= 0.3 is 5.97 Å². The van der Waals surface area contributed by atoms with Gasteiger partial charge in [0.2, 0.25) is 0 Å². The Labute approximate surface area is 193 Å². The molecule has 3 aromatic rings. The van der Waals surface area contributed by atoms with E-state index in [1.807, 2.05) is 36.4 Å². The lowest BCUT2D eigenvalue weighted by Gasteiger charge is -2.24. The van der Waals surface area contributed by atoms with Crippen LogP contribution in [0.4, 0.5) is 0 Å². The number of rotatable bonds is 5. The van der Waals surface area contributed by atoms with Crippen LogP contribution < -0.4 is 19.6 Å². The first kappa shape index (κ1) is 22.0. The summed E-state index contributed by atoms with van der Waals surface area (Å²) in [5, 5.41) is 0.567. The molecule has 8 heteroatoms. The van der Waals surface area contributed by atoms with Gasteiger partial charge in [-0.1, -0.05) is 47.2 Å². The molecule has 0 bridgehead atoms. The molecule has 0 fully saturated rings. The third-order valence-corrected chi connectivity index (χ3v) is 6.33. The second kappa shape index (κ2) is 9.14. The lowest BCUT2D eigenvalue weighted by atomic mass is 9.96. The minimum absolute atomic E-state index is 0.225. The zero-order chi connectivity index (χ0) is 22.8. The van der Waals surface area contributed by atoms with Gasteiger partial charge in [0.25, 0.3) is 5.56 Å². The summed E-state index contributed by atoms with van der Waals surface area (Å²) < 4.78 is 12.6. The van der Waals surface area contributed by atoms with Gasteiger partial charge < -0.3 is 9.47 Å². The zero-order valence-corrected chi connectivity index (χ0v) is 19.4. The number of allylic oxidation sites excluding steroid dienone is 1. The molecule has 4 rings (SSSR count). The van der Waals surface area contributed by atoms with Crippen LogP contribution in [-0.2, 0) is 9.53 Å². The van der Waals surface area contributed by atoms with Gasteiger partial charge in [-0.15, -0.1) is 0 Å².